The summed E-state index contributed by atoms with van der Waals surface area (Å²) in [4.78, 5) is 32.4. The Kier molecular flexibility index (Phi) is 7.83. The molecule has 8 nitrogen and oxygen atoms in total. The van der Waals surface area contributed by atoms with Crippen LogP contribution in [-0.2, 0) is 26.0 Å². The van der Waals surface area contributed by atoms with E-state index in [-0.39, 0.29) is 16.2 Å². The van der Waals surface area contributed by atoms with Gasteiger partial charge in [-0.3, -0.25) is 4.79 Å². The number of rotatable bonds is 6. The van der Waals surface area contributed by atoms with Gasteiger partial charge in [-0.25, -0.2) is 23.3 Å². The molecule has 2 aromatic carbocycles. The highest BCUT2D eigenvalue weighted by atomic mass is 32.2. The van der Waals surface area contributed by atoms with Gasteiger partial charge in [-0.1, -0.05) is 45.0 Å². The summed E-state index contributed by atoms with van der Waals surface area (Å²) < 4.78 is 28.5. The van der Waals surface area contributed by atoms with E-state index in [0.29, 0.717) is 28.6 Å². The molecule has 0 bridgehead atoms. The van der Waals surface area contributed by atoms with Gasteiger partial charge in [0.1, 0.15) is 0 Å². The quantitative estimate of drug-likeness (QED) is 0.270. The van der Waals surface area contributed by atoms with Crippen LogP contribution in [0.5, 0.6) is 0 Å². The maximum atomic E-state index is 13.7. The second kappa shape index (κ2) is 11.2. The van der Waals surface area contributed by atoms with Crippen molar-refractivity contribution in [3.8, 4) is 0 Å². The highest BCUT2D eigenvalue weighted by Crippen LogP contribution is 2.45. The molecule has 0 radical (unpaired) electrons. The number of thiophene rings is 1. The minimum Gasteiger partial charge on any atom is -0.452 e. The Morgan fingerprint density at radius 3 is 2.46 bits per heavy atom. The number of nitrogens with two attached hydrogens (primary N) is 1. The number of hydrogen-bond donors (Lipinski definition) is 2. The number of para-hydroxylation sites is 1. The number of pyridine rings is 1. The molecule has 0 aliphatic heterocycles. The van der Waals surface area contributed by atoms with Crippen molar-refractivity contribution in [1.29, 1.82) is 0 Å². The largest absolute Gasteiger partial charge is 0.452 e. The molecule has 2 aromatic heterocycles. The molecule has 0 spiro atoms. The molecule has 1 unspecified atom stereocenters. The number of aromatic nitrogens is 1. The molecular formula is C31H31N3O5S2. The second-order valence-electron chi connectivity index (χ2n) is 11.2. The lowest BCUT2D eigenvalue weighted by atomic mass is 9.69. The molecule has 1 aliphatic rings. The Morgan fingerprint density at radius 2 is 1.80 bits per heavy atom. The maximum absolute atomic E-state index is 13.7. The average Bonchev–Trinajstić information content (AvgIpc) is 3.43. The number of nitrogens with zero attached hydrogens (tertiary/aromatic N) is 1. The number of hydrogen-bond acceptors (Lipinski definition) is 7. The van der Waals surface area contributed by atoms with Crippen molar-refractivity contribution >= 4 is 61.5 Å². The molecule has 1 amide bonds. The minimum atomic E-state index is -3.85. The zero-order chi connectivity index (χ0) is 29.4. The van der Waals surface area contributed by atoms with Crippen LogP contribution in [0.2, 0.25) is 0 Å². The molecule has 10 heteroatoms. The number of primary sulfonamides is 1. The van der Waals surface area contributed by atoms with Crippen LogP contribution in [0.4, 0.5) is 5.69 Å². The summed E-state index contributed by atoms with van der Waals surface area (Å²) >= 11 is 1.65. The van der Waals surface area contributed by atoms with Crippen LogP contribution in [0.15, 0.2) is 70.9 Å². The summed E-state index contributed by atoms with van der Waals surface area (Å²) in [5.74, 6) is -0.885. The van der Waals surface area contributed by atoms with Crippen LogP contribution in [0, 0.1) is 11.3 Å². The van der Waals surface area contributed by atoms with Gasteiger partial charge in [-0.15, -0.1) is 11.3 Å². The first-order chi connectivity index (χ1) is 19.4. The van der Waals surface area contributed by atoms with Crippen LogP contribution in [0.3, 0.4) is 0 Å². The Balaban J connectivity index is 1.47. The second-order valence-corrected chi connectivity index (χ2v) is 13.7. The van der Waals surface area contributed by atoms with Crippen molar-refractivity contribution in [2.45, 2.75) is 38.5 Å². The number of anilines is 1. The smallest absolute Gasteiger partial charge is 0.339 e. The number of nitrogens with one attached hydrogen (secondary N) is 1. The lowest BCUT2D eigenvalue weighted by Crippen LogP contribution is -2.29. The number of carbonyl (C=O) groups is 2. The summed E-state index contributed by atoms with van der Waals surface area (Å²) in [5.41, 5.74) is 4.16. The van der Waals surface area contributed by atoms with Gasteiger partial charge < -0.3 is 10.1 Å². The molecule has 5 rings (SSSR count). The van der Waals surface area contributed by atoms with Crippen LogP contribution < -0.4 is 10.5 Å². The van der Waals surface area contributed by atoms with Gasteiger partial charge in [0.2, 0.25) is 10.0 Å². The van der Waals surface area contributed by atoms with E-state index in [1.165, 1.54) is 24.3 Å². The fourth-order valence-corrected chi connectivity index (χ4v) is 6.24. The summed E-state index contributed by atoms with van der Waals surface area (Å²) in [7, 11) is -3.85. The molecule has 41 heavy (non-hydrogen) atoms. The Bertz CT molecular complexity index is 1750. The summed E-state index contributed by atoms with van der Waals surface area (Å²) in [5, 5.41) is 10.5. The minimum absolute atomic E-state index is 0.0162. The monoisotopic (exact) mass is 589 g/mol. The number of carbonyl (C=O) groups excluding carboxylic acids is 2. The van der Waals surface area contributed by atoms with Gasteiger partial charge in [0, 0.05) is 16.0 Å². The third kappa shape index (κ3) is 6.40. The predicted octanol–water partition coefficient (Wildman–Crippen LogP) is 5.89. The number of esters is 1. The van der Waals surface area contributed by atoms with Crippen molar-refractivity contribution < 1.29 is 22.7 Å². The van der Waals surface area contributed by atoms with Crippen molar-refractivity contribution in [3.63, 3.8) is 0 Å². The van der Waals surface area contributed by atoms with Crippen LogP contribution in [-0.4, -0.2) is 31.9 Å². The van der Waals surface area contributed by atoms with E-state index in [2.05, 4.69) is 38.2 Å². The average molecular weight is 590 g/mol. The SMILES string of the molecule is CC(C)(C)C1C/C(=C\c2cccs2)c2nc3ccccc3c(C(=O)OCC(=O)Nc3ccc(S(N)(=O)=O)cc3)c2C1. The van der Waals surface area contributed by atoms with Gasteiger partial charge >= 0.3 is 5.97 Å². The van der Waals surface area contributed by atoms with Crippen LogP contribution in [0.1, 0.15) is 53.7 Å². The van der Waals surface area contributed by atoms with E-state index >= 15 is 0 Å². The molecule has 0 fully saturated rings. The lowest BCUT2D eigenvalue weighted by molar-refractivity contribution is -0.119. The molecule has 212 valence electrons. The molecule has 2 heterocycles. The topological polar surface area (TPSA) is 128 Å². The first kappa shape index (κ1) is 28.7. The molecule has 0 saturated heterocycles. The van der Waals surface area contributed by atoms with E-state index in [1.807, 2.05) is 35.7 Å². The standard InChI is InChI=1S/C31H31N3O5S2/c1-31(2,3)20-15-19(16-22-7-6-14-40-22)29-25(17-20)28(24-8-4-5-9-26(24)34-29)30(36)39-18-27(35)33-21-10-12-23(13-11-21)41(32,37)38/h4-14,16,20H,15,17-18H2,1-3H3,(H,33,35)(H2,32,37,38)/b19-16+. The number of benzene rings is 2. The molecular weight excluding hydrogens is 558 g/mol. The Morgan fingerprint density at radius 1 is 1.07 bits per heavy atom. The fraction of sp³-hybridized carbons (Fsp3) is 0.258. The lowest BCUT2D eigenvalue weighted by Gasteiger charge is -2.36. The van der Waals surface area contributed by atoms with Crippen molar-refractivity contribution in [1.82, 2.24) is 4.98 Å². The molecule has 1 atom stereocenters. The van der Waals surface area contributed by atoms with Crippen molar-refractivity contribution in [3.05, 3.63) is 87.7 Å². The van der Waals surface area contributed by atoms with Gasteiger partial charge in [0.05, 0.1) is 21.7 Å². The summed E-state index contributed by atoms with van der Waals surface area (Å²) in [6.45, 7) is 6.11. The molecule has 3 N–H and O–H groups in total. The van der Waals surface area contributed by atoms with Crippen molar-refractivity contribution in [2.75, 3.05) is 11.9 Å². The predicted molar refractivity (Wildman–Crippen MR) is 162 cm³/mol. The van der Waals surface area contributed by atoms with Gasteiger partial charge in [-0.05, 0) is 83.2 Å². The van der Waals surface area contributed by atoms with E-state index in [0.717, 1.165) is 28.1 Å². The Hall–Kier alpha value is -3.86. The van der Waals surface area contributed by atoms with Gasteiger partial charge in [0.25, 0.3) is 5.91 Å². The number of ether oxygens (including phenoxy) is 1. The third-order valence-corrected chi connectivity index (χ3v) is 9.05. The molecule has 1 aliphatic carbocycles. The zero-order valence-electron chi connectivity index (χ0n) is 23.0. The first-order valence-electron chi connectivity index (χ1n) is 13.2. The normalized spacial score (nSPS) is 16.4. The zero-order valence-corrected chi connectivity index (χ0v) is 24.6. The van der Waals surface area contributed by atoms with Gasteiger partial charge in [-0.2, -0.15) is 0 Å². The first-order valence-corrected chi connectivity index (χ1v) is 15.6. The Labute approximate surface area is 243 Å². The summed E-state index contributed by atoms with van der Waals surface area (Å²) in [6.07, 6.45) is 3.65. The van der Waals surface area contributed by atoms with E-state index in [1.54, 1.807) is 11.3 Å². The number of amides is 1. The molecule has 0 saturated carbocycles. The van der Waals surface area contributed by atoms with E-state index < -0.39 is 28.5 Å². The number of fused-ring (bicyclic) bond motifs is 2. The number of allylic oxidation sites excluding steroid dienone is 1. The third-order valence-electron chi connectivity index (χ3n) is 7.30. The van der Waals surface area contributed by atoms with Crippen LogP contribution >= 0.6 is 11.3 Å². The molecule has 4 aromatic rings. The van der Waals surface area contributed by atoms with Crippen molar-refractivity contribution in [2.24, 2.45) is 16.5 Å². The van der Waals surface area contributed by atoms with Gasteiger partial charge in [0.15, 0.2) is 6.61 Å². The van der Waals surface area contributed by atoms with E-state index in [4.69, 9.17) is 14.9 Å². The summed E-state index contributed by atoms with van der Waals surface area (Å²) in [6, 6.07) is 17.0. The van der Waals surface area contributed by atoms with Crippen LogP contribution in [0.25, 0.3) is 22.6 Å². The van der Waals surface area contributed by atoms with E-state index in [9.17, 15) is 18.0 Å². The number of sulfonamides is 1. The maximum Gasteiger partial charge on any atom is 0.339 e. The fourth-order valence-electron chi connectivity index (χ4n) is 5.04. The highest BCUT2D eigenvalue weighted by Gasteiger charge is 2.35. The highest BCUT2D eigenvalue weighted by molar-refractivity contribution is 7.89.